The van der Waals surface area contributed by atoms with Gasteiger partial charge in [0.05, 0.1) is 50.8 Å². The second-order valence-corrected chi connectivity index (χ2v) is 24.6. The Bertz CT molecular complexity index is 2160. The number of ether oxygens (including phenoxy) is 12. The maximum Gasteiger partial charge on any atom is 0.475 e. The summed E-state index contributed by atoms with van der Waals surface area (Å²) in [6.45, 7) is 5.56. The molecule has 36 nitrogen and oxygen atoms in total. The molecule has 6 fully saturated rings. The van der Waals surface area contributed by atoms with Crippen LogP contribution in [-0.4, -0.2) is 333 Å². The first-order valence-corrected chi connectivity index (χ1v) is 28.7. The van der Waals surface area contributed by atoms with Gasteiger partial charge in [-0.1, -0.05) is 0 Å². The van der Waals surface area contributed by atoms with E-state index >= 15 is 0 Å². The summed E-state index contributed by atoms with van der Waals surface area (Å²) < 4.78 is 94.1. The average molecular weight is 1270 g/mol. The molecule has 0 aromatic rings. The first-order chi connectivity index (χ1) is 39.6. The van der Waals surface area contributed by atoms with E-state index in [-0.39, 0.29) is 6.61 Å². The van der Waals surface area contributed by atoms with Crippen LogP contribution in [0.5, 0.6) is 0 Å². The zero-order chi connectivity index (χ0) is 63.5. The van der Waals surface area contributed by atoms with Gasteiger partial charge in [-0.2, -0.15) is 0 Å². The normalized spacial score (nSPS) is 45.6. The van der Waals surface area contributed by atoms with E-state index in [0.717, 1.165) is 13.8 Å². The van der Waals surface area contributed by atoms with Crippen molar-refractivity contribution in [1.82, 2.24) is 10.6 Å². The smallest absolute Gasteiger partial charge is 0.394 e. The molecule has 6 aliphatic heterocycles. The average Bonchev–Trinajstić information content (AvgIpc) is 2.32. The van der Waals surface area contributed by atoms with Crippen molar-refractivity contribution in [2.75, 3.05) is 39.6 Å². The molecule has 0 radical (unpaired) electrons. The van der Waals surface area contributed by atoms with E-state index < -0.39 is 248 Å². The van der Waals surface area contributed by atoms with Crippen molar-refractivity contribution in [1.29, 1.82) is 0 Å². The van der Waals surface area contributed by atoms with E-state index in [4.69, 9.17) is 65.9 Å². The number of rotatable bonds is 22. The fourth-order valence-corrected chi connectivity index (χ4v) is 11.4. The lowest BCUT2D eigenvalue weighted by molar-refractivity contribution is -0.392. The Morgan fingerprint density at radius 2 is 0.753 bits per heavy atom. The molecule has 0 aromatic carbocycles. The Kier molecular flexibility index (Phi) is 25.3. The third-order valence-electron chi connectivity index (χ3n) is 14.3. The molecule has 37 heteroatoms. The molecular formula is C48H85N2O34P. The van der Waals surface area contributed by atoms with Crippen molar-refractivity contribution in [3.05, 3.63) is 0 Å². The number of nitrogens with one attached hydrogen (secondary N) is 2. The molecule has 2 amide bonds. The maximum absolute atomic E-state index is 13.1. The van der Waals surface area contributed by atoms with Crippen molar-refractivity contribution in [2.45, 2.75) is 251 Å². The van der Waals surface area contributed by atoms with Gasteiger partial charge >= 0.3 is 7.82 Å². The summed E-state index contributed by atoms with van der Waals surface area (Å²) in [6.07, 6.45) is -55.5. The standard InChI is InChI=1S/C48H85N2O34P/c1-15(56)49-23-38(80-44-33(66)30(63)26(59)22(77-44)14-71-47(3,4)5)27(60)18(10-52)72-41(23)78-36-20(12-54)76-45(34(67)31(36)64)79-37-21(13-55)75-42(24(50-16(2)57)39(37)81-43-32(65)29(62)25(58)17(9-51)73-43)82-40-28(61)19(11-53)74-46(35(40)68)83-85(69,70)84-48(6,7)8/h17-46,51-55,58-68H,9-14H2,1-8H3,(H,49,56)(H,50,57)(H,69,70)/t17?,18?,19?,20?,21?,22?,23?,24?,25-,26-,27+,28+,29+,30+,31-,32?,33?,34?,35?,36-,37+,38-,39-,40+,41+,42+,43+,44+,45-,46-/m1/s1. The molecule has 0 saturated carbocycles. The third kappa shape index (κ3) is 17.5. The monoisotopic (exact) mass is 1260 g/mol. The van der Waals surface area contributed by atoms with E-state index in [2.05, 4.69) is 10.6 Å². The highest BCUT2D eigenvalue weighted by atomic mass is 31.2. The Morgan fingerprint density at radius 3 is 1.24 bits per heavy atom. The highest BCUT2D eigenvalue weighted by Gasteiger charge is 2.59. The van der Waals surface area contributed by atoms with Gasteiger partial charge in [-0.05, 0) is 41.5 Å². The van der Waals surface area contributed by atoms with Crippen LogP contribution in [0.25, 0.3) is 0 Å². The van der Waals surface area contributed by atoms with Crippen LogP contribution >= 0.6 is 7.82 Å². The van der Waals surface area contributed by atoms with Crippen LogP contribution in [0, 0.1) is 0 Å². The number of aliphatic hydroxyl groups is 16. The number of phosphoric ester groups is 1. The lowest BCUT2D eigenvalue weighted by atomic mass is 9.93. The van der Waals surface area contributed by atoms with Crippen molar-refractivity contribution < 1.29 is 167 Å². The summed E-state index contributed by atoms with van der Waals surface area (Å²) in [4.78, 5) is 36.5. The second kappa shape index (κ2) is 29.9. The minimum absolute atomic E-state index is 0.338. The fraction of sp³-hybridized carbons (Fsp3) is 0.958. The summed E-state index contributed by atoms with van der Waals surface area (Å²) >= 11 is 0. The molecule has 0 spiro atoms. The molecule has 6 rings (SSSR count). The molecule has 85 heavy (non-hydrogen) atoms. The largest absolute Gasteiger partial charge is 0.475 e. The van der Waals surface area contributed by atoms with Crippen LogP contribution in [0.4, 0.5) is 0 Å². The van der Waals surface area contributed by atoms with Gasteiger partial charge in [-0.25, -0.2) is 4.57 Å². The van der Waals surface area contributed by atoms with Crippen LogP contribution in [0.1, 0.15) is 55.4 Å². The summed E-state index contributed by atoms with van der Waals surface area (Å²) in [6, 6.07) is -3.66. The minimum atomic E-state index is -5.14. The number of hydrogen-bond donors (Lipinski definition) is 19. The van der Waals surface area contributed by atoms with E-state index in [0.29, 0.717) is 0 Å². The van der Waals surface area contributed by atoms with Crippen LogP contribution in [0.2, 0.25) is 0 Å². The number of amides is 2. The minimum Gasteiger partial charge on any atom is -0.394 e. The molecule has 6 saturated heterocycles. The van der Waals surface area contributed by atoms with E-state index in [1.165, 1.54) is 20.8 Å². The van der Waals surface area contributed by atoms with Crippen molar-refractivity contribution in [3.63, 3.8) is 0 Å². The number of aliphatic hydroxyl groups excluding tert-OH is 16. The van der Waals surface area contributed by atoms with E-state index in [1.807, 2.05) is 0 Å². The van der Waals surface area contributed by atoms with Gasteiger partial charge in [0.15, 0.2) is 37.7 Å². The zero-order valence-electron chi connectivity index (χ0n) is 47.6. The summed E-state index contributed by atoms with van der Waals surface area (Å²) in [7, 11) is -5.14. The predicted molar refractivity (Wildman–Crippen MR) is 270 cm³/mol. The Labute approximate surface area is 486 Å². The summed E-state index contributed by atoms with van der Waals surface area (Å²) in [5.74, 6) is -1.78. The van der Waals surface area contributed by atoms with Crippen molar-refractivity contribution in [2.24, 2.45) is 0 Å². The predicted octanol–water partition coefficient (Wildman–Crippen LogP) is -10.1. The second-order valence-electron chi connectivity index (χ2n) is 23.2. The fourth-order valence-electron chi connectivity index (χ4n) is 10.2. The molecule has 13 unspecified atom stereocenters. The van der Waals surface area contributed by atoms with E-state index in [1.54, 1.807) is 20.8 Å². The van der Waals surface area contributed by atoms with Crippen LogP contribution in [0.15, 0.2) is 0 Å². The van der Waals surface area contributed by atoms with Crippen LogP contribution < -0.4 is 10.6 Å². The summed E-state index contributed by atoms with van der Waals surface area (Å²) in [5, 5.41) is 181. The molecule has 19 N–H and O–H groups in total. The van der Waals surface area contributed by atoms with Gasteiger partial charge in [-0.15, -0.1) is 0 Å². The van der Waals surface area contributed by atoms with Gasteiger partial charge < -0.3 is 154 Å². The zero-order valence-corrected chi connectivity index (χ0v) is 48.4. The van der Waals surface area contributed by atoms with Gasteiger partial charge in [0.1, 0.15) is 146 Å². The highest BCUT2D eigenvalue weighted by Crippen LogP contribution is 2.50. The quantitative estimate of drug-likeness (QED) is 0.0448. The molecule has 6 aliphatic rings. The lowest BCUT2D eigenvalue weighted by Gasteiger charge is -2.52. The molecule has 0 aromatic heterocycles. The molecule has 0 bridgehead atoms. The molecule has 31 atom stereocenters. The van der Waals surface area contributed by atoms with E-state index in [9.17, 15) is 101 Å². The first kappa shape index (κ1) is 72.0. The molecule has 0 aliphatic carbocycles. The lowest BCUT2D eigenvalue weighted by Crippen LogP contribution is -2.71. The maximum atomic E-state index is 13.1. The Balaban J connectivity index is 1.32. The van der Waals surface area contributed by atoms with Gasteiger partial charge in [0.2, 0.25) is 11.8 Å². The molecule has 496 valence electrons. The number of carbonyl (C=O) groups excluding carboxylic acids is 2. The van der Waals surface area contributed by atoms with Crippen molar-refractivity contribution in [3.8, 4) is 0 Å². The van der Waals surface area contributed by atoms with Gasteiger partial charge in [0, 0.05) is 13.8 Å². The topological polar surface area (TPSA) is 548 Å². The van der Waals surface area contributed by atoms with Crippen molar-refractivity contribution >= 4 is 19.6 Å². The van der Waals surface area contributed by atoms with Gasteiger partial charge in [-0.3, -0.25) is 18.6 Å². The number of hydrogen-bond acceptors (Lipinski definition) is 33. The Morgan fingerprint density at radius 1 is 0.400 bits per heavy atom. The highest BCUT2D eigenvalue weighted by molar-refractivity contribution is 7.47. The number of carbonyl (C=O) groups is 2. The van der Waals surface area contributed by atoms with Gasteiger partial charge in [0.25, 0.3) is 0 Å². The molecular weight excluding hydrogens is 1180 g/mol. The Hall–Kier alpha value is -2.07. The first-order valence-electron chi connectivity index (χ1n) is 27.2. The summed E-state index contributed by atoms with van der Waals surface area (Å²) in [5.41, 5.74) is -2.09. The SMILES string of the molecule is CC(=O)NC1[C@H](O[C@@H]2C(CO)O[C@H](O[C@H]3C(CO)O[C@@H](O[C@@H]4C(O)[C@@H](OP(=O)(O)OC(C)(C)C)OC(CO)[C@@H]4O)C(NC(C)=O)[C@H]3O[C@@H]3OC(CO)[C@@H](O)[C@H](O)C3O)C(O)[C@H]2O)OC(CO)[C@H](O)[C@@H]1O[C@@H]1OC(COC(C)(C)C)[C@@H](O)[C@H](O)C1O. The molecule has 6 heterocycles. The van der Waals surface area contributed by atoms with Crippen LogP contribution in [0.3, 0.4) is 0 Å². The third-order valence-corrected chi connectivity index (χ3v) is 15.6. The number of phosphoric acid groups is 1. The van der Waals surface area contributed by atoms with Crippen LogP contribution in [-0.2, 0) is 80.0 Å².